The number of nitrogens with zero attached hydrogens (tertiary/aromatic N) is 1. The Hall–Kier alpha value is -2.58. The number of carbonyl (C=O) groups is 1. The van der Waals surface area contributed by atoms with Crippen molar-refractivity contribution in [2.75, 3.05) is 0 Å². The predicted molar refractivity (Wildman–Crippen MR) is 93.7 cm³/mol. The third-order valence-corrected chi connectivity index (χ3v) is 5.67. The molecule has 0 aliphatic carbocycles. The minimum absolute atomic E-state index is 0.0130. The fourth-order valence-electron chi connectivity index (χ4n) is 2.56. The molecule has 25 heavy (non-hydrogen) atoms. The minimum Gasteiger partial charge on any atom is -0.455 e. The van der Waals surface area contributed by atoms with E-state index in [4.69, 9.17) is 27.8 Å². The number of hydrogen-bond acceptors (Lipinski definition) is 4. The first-order chi connectivity index (χ1) is 11.7. The van der Waals surface area contributed by atoms with E-state index in [9.17, 15) is 13.2 Å². The number of fused-ring (bicyclic) bond motifs is 2. The lowest BCUT2D eigenvalue weighted by molar-refractivity contribution is 0.100. The molecule has 0 saturated carbocycles. The summed E-state index contributed by atoms with van der Waals surface area (Å²) in [5.74, 6) is -1.02. The molecular formula is C16H14ClN3O4S. The normalized spacial score (nSPS) is 14.5. The highest BCUT2D eigenvalue weighted by molar-refractivity contribution is 7.90. The molecule has 2 aromatic rings. The molecule has 9 heteroatoms. The second-order valence-corrected chi connectivity index (χ2v) is 7.91. The SMILES string of the molecule is Cc1cccc2c1Oc1cc(Cl)c(C(=O)N=C(N)N)cc1S(=O)(=O)C2. The number of sulfone groups is 1. The molecular weight excluding hydrogens is 366 g/mol. The van der Waals surface area contributed by atoms with Gasteiger partial charge in [-0.25, -0.2) is 8.42 Å². The predicted octanol–water partition coefficient (Wildman–Crippen LogP) is 2.14. The van der Waals surface area contributed by atoms with Crippen molar-refractivity contribution >= 4 is 33.3 Å². The van der Waals surface area contributed by atoms with Gasteiger partial charge in [0.05, 0.1) is 16.3 Å². The summed E-state index contributed by atoms with van der Waals surface area (Å²) in [6.07, 6.45) is 0. The minimum atomic E-state index is -3.76. The van der Waals surface area contributed by atoms with Crippen molar-refractivity contribution in [2.24, 2.45) is 16.5 Å². The Morgan fingerprint density at radius 3 is 2.68 bits per heavy atom. The number of hydrogen-bond donors (Lipinski definition) is 2. The van der Waals surface area contributed by atoms with Crippen molar-refractivity contribution < 1.29 is 17.9 Å². The van der Waals surface area contributed by atoms with Crippen LogP contribution in [0.3, 0.4) is 0 Å². The first-order valence-corrected chi connectivity index (χ1v) is 9.18. The Bertz CT molecular complexity index is 1030. The summed E-state index contributed by atoms with van der Waals surface area (Å²) in [6, 6.07) is 7.67. The molecule has 0 unspecified atom stereocenters. The third kappa shape index (κ3) is 3.18. The van der Waals surface area contributed by atoms with Crippen LogP contribution in [0.1, 0.15) is 21.5 Å². The summed E-state index contributed by atoms with van der Waals surface area (Å²) < 4.78 is 31.3. The summed E-state index contributed by atoms with van der Waals surface area (Å²) in [5.41, 5.74) is 11.6. The van der Waals surface area contributed by atoms with Gasteiger partial charge in [-0.2, -0.15) is 4.99 Å². The summed E-state index contributed by atoms with van der Waals surface area (Å²) >= 11 is 6.11. The average Bonchev–Trinajstić information content (AvgIpc) is 2.59. The monoisotopic (exact) mass is 379 g/mol. The summed E-state index contributed by atoms with van der Waals surface area (Å²) in [4.78, 5) is 15.3. The maximum Gasteiger partial charge on any atom is 0.281 e. The van der Waals surface area contributed by atoms with Gasteiger partial charge < -0.3 is 16.2 Å². The summed E-state index contributed by atoms with van der Waals surface area (Å²) in [5, 5.41) is -0.0130. The van der Waals surface area contributed by atoms with Gasteiger partial charge in [0.1, 0.15) is 16.4 Å². The number of ether oxygens (including phenoxy) is 1. The van der Waals surface area contributed by atoms with E-state index in [1.165, 1.54) is 6.07 Å². The highest BCUT2D eigenvalue weighted by Gasteiger charge is 2.30. The van der Waals surface area contributed by atoms with Gasteiger partial charge in [-0.1, -0.05) is 29.8 Å². The molecule has 1 aliphatic heterocycles. The van der Waals surface area contributed by atoms with Crippen LogP contribution in [0.2, 0.25) is 5.02 Å². The van der Waals surface area contributed by atoms with E-state index in [0.717, 1.165) is 11.6 Å². The molecule has 0 fully saturated rings. The van der Waals surface area contributed by atoms with Crippen LogP contribution in [-0.2, 0) is 15.6 Å². The Morgan fingerprint density at radius 1 is 1.28 bits per heavy atom. The van der Waals surface area contributed by atoms with Crippen molar-refractivity contribution in [3.05, 3.63) is 52.0 Å². The Morgan fingerprint density at radius 2 is 2.00 bits per heavy atom. The second-order valence-electron chi connectivity index (χ2n) is 5.54. The van der Waals surface area contributed by atoms with E-state index in [-0.39, 0.29) is 27.0 Å². The van der Waals surface area contributed by atoms with Gasteiger partial charge in [0.25, 0.3) is 5.91 Å². The van der Waals surface area contributed by atoms with Gasteiger partial charge >= 0.3 is 0 Å². The molecule has 0 aromatic heterocycles. The van der Waals surface area contributed by atoms with Crippen LogP contribution < -0.4 is 16.2 Å². The van der Waals surface area contributed by atoms with Gasteiger partial charge in [0.2, 0.25) is 0 Å². The number of halogens is 1. The molecule has 0 bridgehead atoms. The van der Waals surface area contributed by atoms with E-state index in [1.54, 1.807) is 12.1 Å². The van der Waals surface area contributed by atoms with Crippen LogP contribution in [0.25, 0.3) is 0 Å². The Kier molecular flexibility index (Phi) is 4.18. The molecule has 0 spiro atoms. The van der Waals surface area contributed by atoms with Crippen molar-refractivity contribution in [3.8, 4) is 11.5 Å². The molecule has 3 rings (SSSR count). The fourth-order valence-corrected chi connectivity index (χ4v) is 4.30. The number of para-hydroxylation sites is 1. The van der Waals surface area contributed by atoms with Crippen LogP contribution in [-0.4, -0.2) is 20.3 Å². The maximum atomic E-state index is 12.8. The molecule has 1 aliphatic rings. The van der Waals surface area contributed by atoms with Gasteiger partial charge in [-0.3, -0.25) is 4.79 Å². The Labute approximate surface area is 149 Å². The lowest BCUT2D eigenvalue weighted by atomic mass is 10.1. The average molecular weight is 380 g/mol. The zero-order valence-corrected chi connectivity index (χ0v) is 14.7. The number of carbonyl (C=O) groups excluding carboxylic acids is 1. The number of aryl methyl sites for hydroxylation is 1. The van der Waals surface area contributed by atoms with Crippen LogP contribution in [0.4, 0.5) is 0 Å². The number of aliphatic imine (C=N–C) groups is 1. The first-order valence-electron chi connectivity index (χ1n) is 7.15. The highest BCUT2D eigenvalue weighted by atomic mass is 35.5. The van der Waals surface area contributed by atoms with Gasteiger partial charge in [-0.05, 0) is 18.6 Å². The summed E-state index contributed by atoms with van der Waals surface area (Å²) in [7, 11) is -3.76. The van der Waals surface area contributed by atoms with E-state index in [0.29, 0.717) is 11.3 Å². The number of amides is 1. The largest absolute Gasteiger partial charge is 0.455 e. The molecule has 0 saturated heterocycles. The fraction of sp³-hybridized carbons (Fsp3) is 0.125. The molecule has 0 atom stereocenters. The maximum absolute atomic E-state index is 12.8. The quantitative estimate of drug-likeness (QED) is 0.577. The van der Waals surface area contributed by atoms with E-state index in [1.807, 2.05) is 13.0 Å². The number of nitrogens with two attached hydrogens (primary N) is 2. The smallest absolute Gasteiger partial charge is 0.281 e. The van der Waals surface area contributed by atoms with Crippen LogP contribution in [0.5, 0.6) is 11.5 Å². The number of guanidine groups is 1. The van der Waals surface area contributed by atoms with Crippen LogP contribution in [0, 0.1) is 6.92 Å². The van der Waals surface area contributed by atoms with Gasteiger partial charge in [-0.15, -0.1) is 0 Å². The standard InChI is InChI=1S/C16H14ClN3O4S/c1-8-3-2-4-9-7-25(22,23)13-5-10(15(21)20-16(18)19)11(17)6-12(13)24-14(8)9/h2-6H,7H2,1H3,(H4,18,19,20,21). The third-order valence-electron chi connectivity index (χ3n) is 3.68. The molecule has 0 radical (unpaired) electrons. The zero-order chi connectivity index (χ0) is 18.4. The number of benzene rings is 2. The van der Waals surface area contributed by atoms with Crippen molar-refractivity contribution in [1.82, 2.24) is 0 Å². The Balaban J connectivity index is 2.23. The second kappa shape index (κ2) is 6.05. The topological polar surface area (TPSA) is 125 Å². The molecule has 2 aromatic carbocycles. The van der Waals surface area contributed by atoms with E-state index < -0.39 is 21.7 Å². The van der Waals surface area contributed by atoms with Crippen molar-refractivity contribution in [1.29, 1.82) is 0 Å². The van der Waals surface area contributed by atoms with Crippen molar-refractivity contribution in [3.63, 3.8) is 0 Å². The van der Waals surface area contributed by atoms with Crippen LogP contribution in [0.15, 0.2) is 40.2 Å². The zero-order valence-electron chi connectivity index (χ0n) is 13.1. The van der Waals surface area contributed by atoms with Crippen molar-refractivity contribution in [2.45, 2.75) is 17.6 Å². The van der Waals surface area contributed by atoms with E-state index in [2.05, 4.69) is 4.99 Å². The lowest BCUT2D eigenvalue weighted by Gasteiger charge is -2.11. The van der Waals surface area contributed by atoms with Gasteiger partial charge in [0.15, 0.2) is 15.8 Å². The number of rotatable bonds is 1. The molecule has 7 nitrogen and oxygen atoms in total. The molecule has 1 amide bonds. The molecule has 130 valence electrons. The summed E-state index contributed by atoms with van der Waals surface area (Å²) in [6.45, 7) is 1.81. The highest BCUT2D eigenvalue weighted by Crippen LogP contribution is 2.41. The molecule has 1 heterocycles. The van der Waals surface area contributed by atoms with E-state index >= 15 is 0 Å². The van der Waals surface area contributed by atoms with Crippen LogP contribution >= 0.6 is 11.6 Å². The van der Waals surface area contributed by atoms with Gasteiger partial charge in [0, 0.05) is 11.6 Å². The molecule has 4 N–H and O–H groups in total. The lowest BCUT2D eigenvalue weighted by Crippen LogP contribution is -2.24. The first kappa shape index (κ1) is 17.2.